The van der Waals surface area contributed by atoms with Crippen LogP contribution < -0.4 is 5.73 Å². The summed E-state index contributed by atoms with van der Waals surface area (Å²) in [7, 11) is 0. The second-order valence-electron chi connectivity index (χ2n) is 6.94. The minimum absolute atomic E-state index is 0.337. The number of benzene rings is 1. The van der Waals surface area contributed by atoms with Crippen LogP contribution in [0.1, 0.15) is 63.3 Å². The van der Waals surface area contributed by atoms with E-state index in [4.69, 9.17) is 22.3 Å². The number of aromatic nitrogens is 2. The van der Waals surface area contributed by atoms with E-state index in [0.29, 0.717) is 20.6 Å². The Balaban J connectivity index is 0.000000325. The van der Waals surface area contributed by atoms with Crippen LogP contribution in [-0.4, -0.2) is 22.5 Å². The van der Waals surface area contributed by atoms with Crippen molar-refractivity contribution >= 4 is 44.4 Å². The first-order valence-corrected chi connectivity index (χ1v) is 11.2. The van der Waals surface area contributed by atoms with Crippen molar-refractivity contribution in [2.75, 3.05) is 6.54 Å². The average Bonchev–Trinajstić information content (AvgIpc) is 3.12. The van der Waals surface area contributed by atoms with Crippen molar-refractivity contribution in [3.8, 4) is 0 Å². The van der Waals surface area contributed by atoms with Crippen molar-refractivity contribution in [2.45, 2.75) is 53.4 Å². The SMILES string of the molecule is C=C(C)c1c(F)ccc(Br)c1Cl.CCCCN=C(CCC)/C(=C\N)c1[nH]ncc1C. The summed E-state index contributed by atoms with van der Waals surface area (Å²) < 4.78 is 13.8. The summed E-state index contributed by atoms with van der Waals surface area (Å²) >= 11 is 9.05. The standard InChI is InChI=1S/C14H24N4.C9H7BrClF/c1-4-6-8-16-13(7-5-2)12(9-15)14-11(3)10-17-18-14;1-5(2)8-7(12)4-3-6(10)9(8)11/h9-10H,4-8,15H2,1-3H3,(H,17,18);3-4H,1H2,2H3/b12-9+,16-13?;. The Labute approximate surface area is 192 Å². The minimum atomic E-state index is -0.337. The summed E-state index contributed by atoms with van der Waals surface area (Å²) in [6.07, 6.45) is 7.75. The lowest BCUT2D eigenvalue weighted by Gasteiger charge is -2.09. The van der Waals surface area contributed by atoms with E-state index in [-0.39, 0.29) is 5.82 Å². The fraction of sp³-hybridized carbons (Fsp3) is 0.391. The Morgan fingerprint density at radius 2 is 2.07 bits per heavy atom. The highest BCUT2D eigenvalue weighted by Crippen LogP contribution is 2.32. The van der Waals surface area contributed by atoms with Gasteiger partial charge < -0.3 is 5.73 Å². The van der Waals surface area contributed by atoms with E-state index in [1.165, 1.54) is 6.07 Å². The van der Waals surface area contributed by atoms with Crippen molar-refractivity contribution in [3.05, 3.63) is 63.2 Å². The molecule has 0 aliphatic rings. The summed E-state index contributed by atoms with van der Waals surface area (Å²) in [4.78, 5) is 4.69. The van der Waals surface area contributed by atoms with Crippen LogP contribution in [-0.2, 0) is 0 Å². The second-order valence-corrected chi connectivity index (χ2v) is 8.17. The van der Waals surface area contributed by atoms with Crippen LogP contribution >= 0.6 is 27.5 Å². The molecule has 1 heterocycles. The van der Waals surface area contributed by atoms with Crippen molar-refractivity contribution in [1.29, 1.82) is 0 Å². The number of aryl methyl sites for hydroxylation is 1. The summed E-state index contributed by atoms with van der Waals surface area (Å²) in [5, 5.41) is 7.44. The smallest absolute Gasteiger partial charge is 0.132 e. The van der Waals surface area contributed by atoms with Gasteiger partial charge in [0.2, 0.25) is 0 Å². The molecule has 164 valence electrons. The Morgan fingerprint density at radius 3 is 2.53 bits per heavy atom. The van der Waals surface area contributed by atoms with E-state index in [9.17, 15) is 4.39 Å². The van der Waals surface area contributed by atoms with E-state index in [1.54, 1.807) is 19.2 Å². The number of nitrogens with zero attached hydrogens (tertiary/aromatic N) is 2. The third-order valence-electron chi connectivity index (χ3n) is 4.35. The number of hydrogen-bond acceptors (Lipinski definition) is 3. The number of rotatable bonds is 8. The average molecular weight is 498 g/mol. The van der Waals surface area contributed by atoms with Gasteiger partial charge in [-0.3, -0.25) is 10.1 Å². The fourth-order valence-electron chi connectivity index (χ4n) is 2.77. The molecule has 2 rings (SSSR count). The van der Waals surface area contributed by atoms with Gasteiger partial charge in [-0.15, -0.1) is 0 Å². The molecule has 0 amide bonds. The monoisotopic (exact) mass is 496 g/mol. The molecule has 0 saturated carbocycles. The molecule has 1 aromatic carbocycles. The maximum atomic E-state index is 13.1. The third kappa shape index (κ3) is 7.40. The minimum Gasteiger partial charge on any atom is -0.404 e. The zero-order valence-electron chi connectivity index (χ0n) is 18.2. The van der Waals surface area contributed by atoms with Crippen molar-refractivity contribution in [2.24, 2.45) is 10.7 Å². The Kier molecular flexibility index (Phi) is 11.7. The van der Waals surface area contributed by atoms with Crippen LogP contribution in [0.3, 0.4) is 0 Å². The van der Waals surface area contributed by atoms with E-state index < -0.39 is 0 Å². The molecular weight excluding hydrogens is 467 g/mol. The van der Waals surface area contributed by atoms with Crippen LogP contribution in [0, 0.1) is 12.7 Å². The van der Waals surface area contributed by atoms with Crippen molar-refractivity contribution in [3.63, 3.8) is 0 Å². The zero-order valence-corrected chi connectivity index (χ0v) is 20.5. The van der Waals surface area contributed by atoms with Gasteiger partial charge in [-0.1, -0.05) is 44.9 Å². The number of unbranched alkanes of at least 4 members (excludes halogenated alkanes) is 1. The molecule has 0 aliphatic heterocycles. The lowest BCUT2D eigenvalue weighted by molar-refractivity contribution is 0.624. The molecule has 0 atom stereocenters. The van der Waals surface area contributed by atoms with Gasteiger partial charge in [-0.2, -0.15) is 5.10 Å². The quantitative estimate of drug-likeness (QED) is 0.228. The molecule has 0 saturated heterocycles. The molecule has 0 unspecified atom stereocenters. The third-order valence-corrected chi connectivity index (χ3v) is 5.63. The number of hydrogen-bond donors (Lipinski definition) is 2. The second kappa shape index (κ2) is 13.4. The predicted molar refractivity (Wildman–Crippen MR) is 131 cm³/mol. The highest BCUT2D eigenvalue weighted by atomic mass is 79.9. The number of H-pyrrole nitrogens is 1. The van der Waals surface area contributed by atoms with Gasteiger partial charge in [0.15, 0.2) is 0 Å². The first-order chi connectivity index (χ1) is 14.3. The van der Waals surface area contributed by atoms with Gasteiger partial charge in [0.05, 0.1) is 16.9 Å². The van der Waals surface area contributed by atoms with Crippen LogP contribution in [0.5, 0.6) is 0 Å². The number of nitrogens with one attached hydrogen (secondary N) is 1. The molecule has 0 radical (unpaired) electrons. The lowest BCUT2D eigenvalue weighted by atomic mass is 10.0. The predicted octanol–water partition coefficient (Wildman–Crippen LogP) is 7.33. The lowest BCUT2D eigenvalue weighted by Crippen LogP contribution is -2.07. The molecule has 1 aromatic heterocycles. The van der Waals surface area contributed by atoms with Gasteiger partial charge in [0.25, 0.3) is 0 Å². The fourth-order valence-corrected chi connectivity index (χ4v) is 3.41. The number of nitrogens with two attached hydrogens (primary N) is 1. The van der Waals surface area contributed by atoms with Crippen LogP contribution in [0.25, 0.3) is 11.1 Å². The molecule has 0 spiro atoms. The Bertz CT molecular complexity index is 903. The van der Waals surface area contributed by atoms with Gasteiger partial charge >= 0.3 is 0 Å². The van der Waals surface area contributed by atoms with E-state index in [1.807, 2.05) is 13.1 Å². The summed E-state index contributed by atoms with van der Waals surface area (Å²) in [5.41, 5.74) is 10.9. The van der Waals surface area contributed by atoms with Crippen LogP contribution in [0.15, 0.2) is 40.6 Å². The molecule has 0 aliphatic carbocycles. The molecule has 2 aromatic rings. The number of aliphatic imine (C=N–C) groups is 1. The zero-order chi connectivity index (χ0) is 22.7. The molecule has 30 heavy (non-hydrogen) atoms. The van der Waals surface area contributed by atoms with Gasteiger partial charge in [0, 0.05) is 34.1 Å². The topological polar surface area (TPSA) is 67.1 Å². The molecule has 3 N–H and O–H groups in total. The summed E-state index contributed by atoms with van der Waals surface area (Å²) in [5.74, 6) is -0.337. The van der Waals surface area contributed by atoms with E-state index in [0.717, 1.165) is 54.8 Å². The normalized spacial score (nSPS) is 11.8. The first kappa shape index (κ1) is 26.1. The number of halogens is 3. The molecule has 7 heteroatoms. The molecule has 0 fully saturated rings. The van der Waals surface area contributed by atoms with Crippen LogP contribution in [0.2, 0.25) is 5.02 Å². The first-order valence-electron chi connectivity index (χ1n) is 10.0. The van der Waals surface area contributed by atoms with Gasteiger partial charge in [0.1, 0.15) is 5.82 Å². The number of aromatic amines is 1. The highest BCUT2D eigenvalue weighted by molar-refractivity contribution is 9.10. The number of allylic oxidation sites excluding steroid dienone is 2. The van der Waals surface area contributed by atoms with Gasteiger partial charge in [-0.25, -0.2) is 4.39 Å². The Morgan fingerprint density at radius 1 is 1.37 bits per heavy atom. The maximum absolute atomic E-state index is 13.1. The van der Waals surface area contributed by atoms with Crippen LogP contribution in [0.4, 0.5) is 4.39 Å². The summed E-state index contributed by atoms with van der Waals surface area (Å²) in [6.45, 7) is 12.6. The van der Waals surface area contributed by atoms with Gasteiger partial charge in [-0.05, 0) is 65.9 Å². The molecule has 4 nitrogen and oxygen atoms in total. The maximum Gasteiger partial charge on any atom is 0.132 e. The largest absolute Gasteiger partial charge is 0.404 e. The van der Waals surface area contributed by atoms with Crippen molar-refractivity contribution in [1.82, 2.24) is 10.2 Å². The highest BCUT2D eigenvalue weighted by Gasteiger charge is 2.13. The Hall–Kier alpha value is -1.92. The van der Waals surface area contributed by atoms with E-state index in [2.05, 4.69) is 46.6 Å². The van der Waals surface area contributed by atoms with Crippen molar-refractivity contribution < 1.29 is 4.39 Å². The summed E-state index contributed by atoms with van der Waals surface area (Å²) in [6, 6.07) is 2.93. The molecule has 0 bridgehead atoms. The van der Waals surface area contributed by atoms with E-state index >= 15 is 0 Å². The molecular formula is C23H31BrClFN4.